The average Bonchev–Trinajstić information content (AvgIpc) is 2.97. The fourth-order valence-corrected chi connectivity index (χ4v) is 4.73. The van der Waals surface area contributed by atoms with Crippen molar-refractivity contribution in [3.05, 3.63) is 64.0 Å². The molecule has 0 spiro atoms. The minimum Gasteiger partial charge on any atom is -0.298 e. The van der Waals surface area contributed by atoms with Gasteiger partial charge >= 0.3 is 0 Å². The second kappa shape index (κ2) is 6.00. The quantitative estimate of drug-likeness (QED) is 0.674. The molecular formula is C17H11ClN2OS2. The highest BCUT2D eigenvalue weighted by atomic mass is 35.5. The first kappa shape index (κ1) is 14.8. The molecule has 0 bridgehead atoms. The molecule has 3 nitrogen and oxygen atoms in total. The molecule has 1 N–H and O–H groups in total. The van der Waals surface area contributed by atoms with Crippen LogP contribution in [0.1, 0.15) is 15.2 Å². The van der Waals surface area contributed by atoms with E-state index in [4.69, 9.17) is 11.6 Å². The normalized spacial score (nSPS) is 12.4. The Bertz CT molecular complexity index is 907. The number of benzene rings is 2. The number of fused-ring (bicyclic) bond motifs is 3. The highest BCUT2D eigenvalue weighted by Gasteiger charge is 2.21. The number of anilines is 1. The summed E-state index contributed by atoms with van der Waals surface area (Å²) >= 11 is 9.27. The number of carbonyl (C=O) groups excluding carboxylic acids is 1. The molecular weight excluding hydrogens is 348 g/mol. The van der Waals surface area contributed by atoms with Crippen LogP contribution in [-0.4, -0.2) is 10.9 Å². The number of nitrogens with one attached hydrogen (secondary N) is 1. The summed E-state index contributed by atoms with van der Waals surface area (Å²) in [7, 11) is 0. The van der Waals surface area contributed by atoms with Crippen LogP contribution >= 0.6 is 34.7 Å². The summed E-state index contributed by atoms with van der Waals surface area (Å²) in [4.78, 5) is 19.4. The van der Waals surface area contributed by atoms with Crippen LogP contribution in [0.15, 0.2) is 53.4 Å². The number of halogens is 1. The summed E-state index contributed by atoms with van der Waals surface area (Å²) in [6.07, 6.45) is 0. The number of thiazole rings is 1. The van der Waals surface area contributed by atoms with Gasteiger partial charge < -0.3 is 0 Å². The Hall–Kier alpha value is -1.82. The third-order valence-corrected chi connectivity index (χ3v) is 5.99. The Kier molecular flexibility index (Phi) is 3.85. The third-order valence-electron chi connectivity index (χ3n) is 3.51. The maximum absolute atomic E-state index is 12.3. The van der Waals surface area contributed by atoms with E-state index >= 15 is 0 Å². The van der Waals surface area contributed by atoms with Gasteiger partial charge in [-0.25, -0.2) is 4.98 Å². The first-order valence-electron chi connectivity index (χ1n) is 6.99. The number of amides is 1. The van der Waals surface area contributed by atoms with Gasteiger partial charge in [0.15, 0.2) is 5.13 Å². The van der Waals surface area contributed by atoms with Crippen LogP contribution in [0, 0.1) is 0 Å². The number of hydrogen-bond donors (Lipinski definition) is 1. The summed E-state index contributed by atoms with van der Waals surface area (Å²) in [5, 5.41) is 4.04. The largest absolute Gasteiger partial charge is 0.298 e. The first-order valence-corrected chi connectivity index (χ1v) is 9.17. The van der Waals surface area contributed by atoms with Gasteiger partial charge in [-0.15, -0.1) is 23.1 Å². The van der Waals surface area contributed by atoms with Crippen LogP contribution in [0.4, 0.5) is 5.13 Å². The van der Waals surface area contributed by atoms with Crippen molar-refractivity contribution in [1.29, 1.82) is 0 Å². The molecule has 2 heterocycles. The number of rotatable bonds is 2. The van der Waals surface area contributed by atoms with Gasteiger partial charge in [0.2, 0.25) is 0 Å². The van der Waals surface area contributed by atoms with E-state index in [1.54, 1.807) is 36.0 Å². The van der Waals surface area contributed by atoms with Crippen molar-refractivity contribution < 1.29 is 4.79 Å². The minimum absolute atomic E-state index is 0.195. The Morgan fingerprint density at radius 3 is 2.91 bits per heavy atom. The number of aromatic nitrogens is 1. The molecule has 0 saturated heterocycles. The van der Waals surface area contributed by atoms with Crippen LogP contribution < -0.4 is 5.32 Å². The minimum atomic E-state index is -0.195. The van der Waals surface area contributed by atoms with E-state index in [0.29, 0.717) is 15.7 Å². The third kappa shape index (κ3) is 2.87. The standard InChI is InChI=1S/C17H11ClN2OS2/c18-11-5-3-4-10(8-11)16(21)20-17-19-15-12-6-1-2-7-13(12)22-9-14(15)23-17/h1-8H,9H2,(H,19,20,21). The monoisotopic (exact) mass is 358 g/mol. The first-order chi connectivity index (χ1) is 11.2. The van der Waals surface area contributed by atoms with Crippen molar-refractivity contribution in [3.63, 3.8) is 0 Å². The lowest BCUT2D eigenvalue weighted by Gasteiger charge is -2.13. The summed E-state index contributed by atoms with van der Waals surface area (Å²) in [5.74, 6) is 0.691. The Balaban J connectivity index is 1.63. The molecule has 4 rings (SSSR count). The van der Waals surface area contributed by atoms with Crippen molar-refractivity contribution in [2.75, 3.05) is 5.32 Å². The second-order valence-electron chi connectivity index (χ2n) is 5.04. The molecule has 23 heavy (non-hydrogen) atoms. The molecule has 1 amide bonds. The predicted molar refractivity (Wildman–Crippen MR) is 96.5 cm³/mol. The molecule has 0 aliphatic carbocycles. The van der Waals surface area contributed by atoms with Gasteiger partial charge in [0.1, 0.15) is 0 Å². The summed E-state index contributed by atoms with van der Waals surface area (Å²) in [5.41, 5.74) is 2.64. The van der Waals surface area contributed by atoms with Crippen LogP contribution in [0.25, 0.3) is 11.3 Å². The second-order valence-corrected chi connectivity index (χ2v) is 7.58. The molecule has 0 atom stereocenters. The van der Waals surface area contributed by atoms with Crippen molar-refractivity contribution >= 4 is 45.7 Å². The molecule has 1 aliphatic rings. The molecule has 3 aromatic rings. The lowest BCUT2D eigenvalue weighted by Crippen LogP contribution is -2.11. The maximum Gasteiger partial charge on any atom is 0.257 e. The lowest BCUT2D eigenvalue weighted by molar-refractivity contribution is 0.102. The molecule has 1 aliphatic heterocycles. The molecule has 0 radical (unpaired) electrons. The average molecular weight is 359 g/mol. The molecule has 1 aromatic heterocycles. The van der Waals surface area contributed by atoms with Gasteiger partial charge in [0.05, 0.1) is 5.69 Å². The maximum atomic E-state index is 12.3. The van der Waals surface area contributed by atoms with Crippen molar-refractivity contribution in [2.24, 2.45) is 0 Å². The fourth-order valence-electron chi connectivity index (χ4n) is 2.44. The van der Waals surface area contributed by atoms with E-state index in [2.05, 4.69) is 22.4 Å². The van der Waals surface area contributed by atoms with E-state index < -0.39 is 0 Å². The van der Waals surface area contributed by atoms with Crippen LogP contribution in [-0.2, 0) is 5.75 Å². The van der Waals surface area contributed by atoms with E-state index in [-0.39, 0.29) is 5.91 Å². The van der Waals surface area contributed by atoms with Gasteiger partial charge in [-0.3, -0.25) is 10.1 Å². The number of carbonyl (C=O) groups is 1. The van der Waals surface area contributed by atoms with E-state index in [9.17, 15) is 4.79 Å². The van der Waals surface area contributed by atoms with Crippen LogP contribution in [0.2, 0.25) is 5.02 Å². The molecule has 2 aromatic carbocycles. The van der Waals surface area contributed by atoms with Crippen LogP contribution in [0.3, 0.4) is 0 Å². The zero-order chi connectivity index (χ0) is 15.8. The smallest absolute Gasteiger partial charge is 0.257 e. The van der Waals surface area contributed by atoms with Crippen LogP contribution in [0.5, 0.6) is 0 Å². The van der Waals surface area contributed by atoms with Crippen molar-refractivity contribution in [1.82, 2.24) is 4.98 Å². The number of thioether (sulfide) groups is 1. The Morgan fingerprint density at radius 2 is 2.04 bits per heavy atom. The SMILES string of the molecule is O=C(Nc1nc2c(s1)CSc1ccccc1-2)c1cccc(Cl)c1. The summed E-state index contributed by atoms with van der Waals surface area (Å²) in [6, 6.07) is 15.1. The Labute approximate surface area is 146 Å². The zero-order valence-electron chi connectivity index (χ0n) is 11.9. The Morgan fingerprint density at radius 1 is 1.17 bits per heavy atom. The van der Waals surface area contributed by atoms with Gasteiger partial charge in [-0.2, -0.15) is 0 Å². The number of nitrogens with zero attached hydrogens (tertiary/aromatic N) is 1. The van der Waals surface area contributed by atoms with E-state index in [1.807, 2.05) is 12.1 Å². The van der Waals surface area contributed by atoms with Gasteiger partial charge in [0, 0.05) is 31.7 Å². The highest BCUT2D eigenvalue weighted by molar-refractivity contribution is 7.98. The molecule has 6 heteroatoms. The molecule has 114 valence electrons. The summed E-state index contributed by atoms with van der Waals surface area (Å²) < 4.78 is 0. The topological polar surface area (TPSA) is 42.0 Å². The number of hydrogen-bond acceptors (Lipinski definition) is 4. The van der Waals surface area contributed by atoms with Gasteiger partial charge in [-0.05, 0) is 24.3 Å². The van der Waals surface area contributed by atoms with Crippen molar-refractivity contribution in [2.45, 2.75) is 10.6 Å². The van der Waals surface area contributed by atoms with E-state index in [0.717, 1.165) is 17.0 Å². The van der Waals surface area contributed by atoms with E-state index in [1.165, 1.54) is 21.1 Å². The fraction of sp³-hybridized carbons (Fsp3) is 0.0588. The van der Waals surface area contributed by atoms with Gasteiger partial charge in [-0.1, -0.05) is 35.9 Å². The van der Waals surface area contributed by atoms with Crippen molar-refractivity contribution in [3.8, 4) is 11.3 Å². The molecule has 0 unspecified atom stereocenters. The predicted octanol–water partition coefficient (Wildman–Crippen LogP) is 5.32. The lowest BCUT2D eigenvalue weighted by atomic mass is 10.1. The van der Waals surface area contributed by atoms with Gasteiger partial charge in [0.25, 0.3) is 5.91 Å². The summed E-state index contributed by atoms with van der Waals surface area (Å²) in [6.45, 7) is 0. The molecule has 0 saturated carbocycles. The zero-order valence-corrected chi connectivity index (χ0v) is 14.3. The molecule has 0 fully saturated rings. The highest BCUT2D eigenvalue weighted by Crippen LogP contribution is 2.44.